The fourth-order valence-corrected chi connectivity index (χ4v) is 4.17. The van der Waals surface area contributed by atoms with Crippen LogP contribution in [0.15, 0.2) is 30.5 Å². The molecule has 0 saturated carbocycles. The standard InChI is InChI=1S/C16H15IN4O2/c17-15-8-18-19-21(15)10-5-6-14-12(7-16(22)23)11-3-1-2-4-13(11)20(14)9-10/h1-4,8,10H,5-7,9H2,(H,22,23). The minimum absolute atomic E-state index is 0.0778. The van der Waals surface area contributed by atoms with Gasteiger partial charge in [0.05, 0.1) is 18.7 Å². The predicted molar refractivity (Wildman–Crippen MR) is 93.4 cm³/mol. The van der Waals surface area contributed by atoms with E-state index in [-0.39, 0.29) is 12.5 Å². The normalized spacial score (nSPS) is 17.3. The van der Waals surface area contributed by atoms with Crippen molar-refractivity contribution in [3.63, 3.8) is 0 Å². The number of hydrogen-bond donors (Lipinski definition) is 1. The number of carboxylic acids is 1. The number of aliphatic carboxylic acids is 1. The van der Waals surface area contributed by atoms with Crippen molar-refractivity contribution in [1.82, 2.24) is 19.6 Å². The van der Waals surface area contributed by atoms with Gasteiger partial charge in [0.1, 0.15) is 3.70 Å². The SMILES string of the molecule is O=C(O)Cc1c2n(c3ccccc13)CC(n1nncc1I)CC2. The number of rotatable bonds is 3. The molecule has 23 heavy (non-hydrogen) atoms. The smallest absolute Gasteiger partial charge is 0.307 e. The second-order valence-corrected chi connectivity index (χ2v) is 6.92. The lowest BCUT2D eigenvalue weighted by Crippen LogP contribution is -2.25. The molecule has 1 N–H and O–H groups in total. The Hall–Kier alpha value is -1.90. The molecule has 3 aromatic rings. The first-order valence-electron chi connectivity index (χ1n) is 7.51. The summed E-state index contributed by atoms with van der Waals surface area (Å²) < 4.78 is 5.26. The van der Waals surface area contributed by atoms with E-state index in [1.165, 1.54) is 0 Å². The highest BCUT2D eigenvalue weighted by molar-refractivity contribution is 14.1. The van der Waals surface area contributed by atoms with Crippen molar-refractivity contribution in [2.45, 2.75) is 31.8 Å². The first-order valence-corrected chi connectivity index (χ1v) is 8.59. The van der Waals surface area contributed by atoms with Crippen molar-refractivity contribution >= 4 is 39.5 Å². The molecule has 7 heteroatoms. The van der Waals surface area contributed by atoms with Crippen LogP contribution in [-0.2, 0) is 24.2 Å². The van der Waals surface area contributed by atoms with E-state index in [1.54, 1.807) is 6.20 Å². The third kappa shape index (κ3) is 2.43. The highest BCUT2D eigenvalue weighted by Crippen LogP contribution is 2.34. The van der Waals surface area contributed by atoms with Crippen LogP contribution in [-0.4, -0.2) is 30.6 Å². The quantitative estimate of drug-likeness (QED) is 0.659. The summed E-state index contributed by atoms with van der Waals surface area (Å²) in [7, 11) is 0. The molecule has 1 aliphatic heterocycles. The molecule has 6 nitrogen and oxygen atoms in total. The van der Waals surface area contributed by atoms with E-state index in [2.05, 4.69) is 43.5 Å². The van der Waals surface area contributed by atoms with E-state index in [9.17, 15) is 9.90 Å². The number of benzene rings is 1. The fraction of sp³-hybridized carbons (Fsp3) is 0.312. The van der Waals surface area contributed by atoms with Gasteiger partial charge >= 0.3 is 5.97 Å². The van der Waals surface area contributed by atoms with Crippen molar-refractivity contribution in [1.29, 1.82) is 0 Å². The van der Waals surface area contributed by atoms with Gasteiger partial charge in [0.2, 0.25) is 0 Å². The molecule has 0 bridgehead atoms. The third-order valence-electron chi connectivity index (χ3n) is 4.51. The average molecular weight is 422 g/mol. The van der Waals surface area contributed by atoms with Gasteiger partial charge in [0.25, 0.3) is 0 Å². The van der Waals surface area contributed by atoms with Gasteiger partial charge in [0, 0.05) is 23.1 Å². The molecule has 0 amide bonds. The Kier molecular flexibility index (Phi) is 3.59. The molecule has 1 atom stereocenters. The lowest BCUT2D eigenvalue weighted by atomic mass is 10.0. The first kappa shape index (κ1) is 14.7. The Morgan fingerprint density at radius 2 is 2.22 bits per heavy atom. The second-order valence-electron chi connectivity index (χ2n) is 5.82. The lowest BCUT2D eigenvalue weighted by molar-refractivity contribution is -0.136. The molecule has 1 aliphatic rings. The summed E-state index contributed by atoms with van der Waals surface area (Å²) in [5.74, 6) is -0.780. The second kappa shape index (κ2) is 5.63. The van der Waals surface area contributed by atoms with Crippen LogP contribution in [0.3, 0.4) is 0 Å². The summed E-state index contributed by atoms with van der Waals surface area (Å²) in [4.78, 5) is 11.3. The van der Waals surface area contributed by atoms with E-state index in [4.69, 9.17) is 0 Å². The molecular weight excluding hydrogens is 407 g/mol. The molecule has 4 rings (SSSR count). The Balaban J connectivity index is 1.82. The summed E-state index contributed by atoms with van der Waals surface area (Å²) >= 11 is 2.25. The average Bonchev–Trinajstić information content (AvgIpc) is 3.10. The molecular formula is C16H15IN4O2. The van der Waals surface area contributed by atoms with E-state index < -0.39 is 5.97 Å². The van der Waals surface area contributed by atoms with Gasteiger partial charge in [-0.15, -0.1) is 5.10 Å². The fourth-order valence-electron chi connectivity index (χ4n) is 3.55. The first-order chi connectivity index (χ1) is 11.1. The number of halogens is 1. The summed E-state index contributed by atoms with van der Waals surface area (Å²) in [5, 5.41) is 18.5. The minimum Gasteiger partial charge on any atom is -0.481 e. The van der Waals surface area contributed by atoms with Gasteiger partial charge in [-0.25, -0.2) is 4.68 Å². The maximum atomic E-state index is 11.3. The molecule has 2 aromatic heterocycles. The Morgan fingerprint density at radius 1 is 1.39 bits per heavy atom. The summed E-state index contributed by atoms with van der Waals surface area (Å²) in [6.45, 7) is 0.800. The number of para-hydroxylation sites is 1. The van der Waals surface area contributed by atoms with E-state index in [1.807, 2.05) is 22.9 Å². The van der Waals surface area contributed by atoms with Crippen LogP contribution < -0.4 is 0 Å². The number of fused-ring (bicyclic) bond motifs is 3. The van der Waals surface area contributed by atoms with E-state index in [0.29, 0.717) is 0 Å². The van der Waals surface area contributed by atoms with Crippen molar-refractivity contribution in [3.8, 4) is 0 Å². The van der Waals surface area contributed by atoms with Gasteiger partial charge in [0.15, 0.2) is 0 Å². The summed E-state index contributed by atoms with van der Waals surface area (Å²) in [5.41, 5.74) is 3.22. The molecule has 0 aliphatic carbocycles. The van der Waals surface area contributed by atoms with Crippen molar-refractivity contribution in [2.75, 3.05) is 0 Å². The maximum absolute atomic E-state index is 11.3. The highest BCUT2D eigenvalue weighted by Gasteiger charge is 2.27. The molecule has 0 fully saturated rings. The monoisotopic (exact) mass is 422 g/mol. The molecule has 3 heterocycles. The number of nitrogens with zero attached hydrogens (tertiary/aromatic N) is 4. The van der Waals surface area contributed by atoms with Crippen LogP contribution >= 0.6 is 22.6 Å². The lowest BCUT2D eigenvalue weighted by Gasteiger charge is -2.26. The van der Waals surface area contributed by atoms with E-state index in [0.717, 1.165) is 45.2 Å². The Labute approximate surface area is 146 Å². The van der Waals surface area contributed by atoms with Crippen LogP contribution in [0.2, 0.25) is 0 Å². The van der Waals surface area contributed by atoms with Gasteiger partial charge < -0.3 is 9.67 Å². The van der Waals surface area contributed by atoms with Crippen molar-refractivity contribution in [2.24, 2.45) is 0 Å². The molecule has 1 aromatic carbocycles. The number of carboxylic acid groups (broad SMARTS) is 1. The van der Waals surface area contributed by atoms with Crippen LogP contribution in [0.25, 0.3) is 10.9 Å². The Morgan fingerprint density at radius 3 is 2.96 bits per heavy atom. The van der Waals surface area contributed by atoms with Crippen LogP contribution in [0, 0.1) is 3.70 Å². The van der Waals surface area contributed by atoms with Crippen molar-refractivity contribution in [3.05, 3.63) is 45.4 Å². The zero-order chi connectivity index (χ0) is 16.0. The van der Waals surface area contributed by atoms with Gasteiger partial charge in [-0.3, -0.25) is 4.79 Å². The topological polar surface area (TPSA) is 72.9 Å². The zero-order valence-corrected chi connectivity index (χ0v) is 14.5. The maximum Gasteiger partial charge on any atom is 0.307 e. The number of aromatic nitrogens is 4. The molecule has 0 radical (unpaired) electrons. The van der Waals surface area contributed by atoms with Crippen molar-refractivity contribution < 1.29 is 9.90 Å². The highest BCUT2D eigenvalue weighted by atomic mass is 127. The molecule has 118 valence electrons. The predicted octanol–water partition coefficient (Wildman–Crippen LogP) is 2.65. The summed E-state index contributed by atoms with van der Waals surface area (Å²) in [6.07, 6.45) is 3.65. The van der Waals surface area contributed by atoms with Gasteiger partial charge in [-0.1, -0.05) is 23.4 Å². The van der Waals surface area contributed by atoms with Gasteiger partial charge in [-0.2, -0.15) is 0 Å². The third-order valence-corrected chi connectivity index (χ3v) is 5.28. The molecule has 0 spiro atoms. The molecule has 0 saturated heterocycles. The van der Waals surface area contributed by atoms with Gasteiger partial charge in [-0.05, 0) is 47.1 Å². The zero-order valence-electron chi connectivity index (χ0n) is 12.3. The van der Waals surface area contributed by atoms with Crippen LogP contribution in [0.1, 0.15) is 23.7 Å². The Bertz CT molecular complexity index is 899. The number of carbonyl (C=O) groups is 1. The largest absolute Gasteiger partial charge is 0.481 e. The van der Waals surface area contributed by atoms with Crippen LogP contribution in [0.4, 0.5) is 0 Å². The van der Waals surface area contributed by atoms with E-state index >= 15 is 0 Å². The minimum atomic E-state index is -0.780. The number of hydrogen-bond acceptors (Lipinski definition) is 3. The van der Waals surface area contributed by atoms with Crippen LogP contribution in [0.5, 0.6) is 0 Å². The summed E-state index contributed by atoms with van der Waals surface area (Å²) in [6, 6.07) is 8.32. The molecule has 1 unspecified atom stereocenters.